The second-order valence-corrected chi connectivity index (χ2v) is 3.25. The van der Waals surface area contributed by atoms with Crippen molar-refractivity contribution in [1.82, 2.24) is 9.97 Å². The predicted octanol–water partition coefficient (Wildman–Crippen LogP) is 2.22. The van der Waals surface area contributed by atoms with Crippen LogP contribution in [-0.4, -0.2) is 16.5 Å². The van der Waals surface area contributed by atoms with E-state index in [4.69, 9.17) is 9.15 Å². The standard InChI is InChI=1S/C11H12FN3O2/c1-2-13-11-14-6-9(12)10(15-11)17-7-8-4-3-5-16-8/h3-6H,2,7H2,1H3,(H,13,14,15). The normalized spacial score (nSPS) is 10.2. The van der Waals surface area contributed by atoms with Crippen LogP contribution >= 0.6 is 0 Å². The Hall–Kier alpha value is -2.11. The molecule has 17 heavy (non-hydrogen) atoms. The van der Waals surface area contributed by atoms with E-state index in [0.717, 1.165) is 6.20 Å². The molecule has 2 heterocycles. The lowest BCUT2D eigenvalue weighted by Gasteiger charge is -2.06. The highest BCUT2D eigenvalue weighted by atomic mass is 19.1. The molecule has 0 spiro atoms. The number of anilines is 1. The van der Waals surface area contributed by atoms with Gasteiger partial charge < -0.3 is 14.5 Å². The quantitative estimate of drug-likeness (QED) is 0.863. The molecular formula is C11H12FN3O2. The Balaban J connectivity index is 2.06. The maximum absolute atomic E-state index is 13.3. The van der Waals surface area contributed by atoms with Gasteiger partial charge in [-0.15, -0.1) is 0 Å². The number of nitrogens with zero attached hydrogens (tertiary/aromatic N) is 2. The number of furan rings is 1. The molecule has 0 bridgehead atoms. The van der Waals surface area contributed by atoms with Crippen molar-refractivity contribution in [3.8, 4) is 5.88 Å². The van der Waals surface area contributed by atoms with Crippen molar-refractivity contribution in [2.75, 3.05) is 11.9 Å². The molecule has 0 radical (unpaired) electrons. The van der Waals surface area contributed by atoms with Crippen LogP contribution < -0.4 is 10.1 Å². The Labute approximate surface area is 97.6 Å². The van der Waals surface area contributed by atoms with Gasteiger partial charge in [0.15, 0.2) is 0 Å². The van der Waals surface area contributed by atoms with Gasteiger partial charge in [0.25, 0.3) is 5.88 Å². The summed E-state index contributed by atoms with van der Waals surface area (Å²) in [4.78, 5) is 7.67. The van der Waals surface area contributed by atoms with Gasteiger partial charge in [0.2, 0.25) is 11.8 Å². The molecule has 0 saturated carbocycles. The van der Waals surface area contributed by atoms with Crippen molar-refractivity contribution in [2.24, 2.45) is 0 Å². The number of halogens is 1. The third-order valence-corrected chi connectivity index (χ3v) is 1.98. The summed E-state index contributed by atoms with van der Waals surface area (Å²) in [6.45, 7) is 2.69. The van der Waals surface area contributed by atoms with Crippen LogP contribution in [0.25, 0.3) is 0 Å². The van der Waals surface area contributed by atoms with E-state index in [0.29, 0.717) is 18.3 Å². The lowest BCUT2D eigenvalue weighted by atomic mass is 10.5. The third-order valence-electron chi connectivity index (χ3n) is 1.98. The summed E-state index contributed by atoms with van der Waals surface area (Å²) in [5, 5.41) is 2.88. The van der Waals surface area contributed by atoms with E-state index in [2.05, 4.69) is 15.3 Å². The maximum Gasteiger partial charge on any atom is 0.255 e. The fourth-order valence-corrected chi connectivity index (χ4v) is 1.23. The van der Waals surface area contributed by atoms with E-state index in [1.54, 1.807) is 12.1 Å². The largest absolute Gasteiger partial charge is 0.467 e. The third kappa shape index (κ3) is 2.93. The molecule has 5 nitrogen and oxygen atoms in total. The van der Waals surface area contributed by atoms with Crippen molar-refractivity contribution < 1.29 is 13.5 Å². The van der Waals surface area contributed by atoms with Gasteiger partial charge in [-0.1, -0.05) is 0 Å². The van der Waals surface area contributed by atoms with Crippen LogP contribution in [0.4, 0.5) is 10.3 Å². The van der Waals surface area contributed by atoms with Crippen molar-refractivity contribution in [3.63, 3.8) is 0 Å². The van der Waals surface area contributed by atoms with Gasteiger partial charge in [0, 0.05) is 6.54 Å². The fourth-order valence-electron chi connectivity index (χ4n) is 1.23. The molecule has 0 aliphatic rings. The Bertz CT molecular complexity index is 474. The number of ether oxygens (including phenoxy) is 1. The lowest BCUT2D eigenvalue weighted by molar-refractivity contribution is 0.247. The number of rotatable bonds is 5. The Morgan fingerprint density at radius 3 is 3.12 bits per heavy atom. The van der Waals surface area contributed by atoms with Gasteiger partial charge >= 0.3 is 0 Å². The van der Waals surface area contributed by atoms with Gasteiger partial charge in [0.05, 0.1) is 12.5 Å². The minimum Gasteiger partial charge on any atom is -0.467 e. The van der Waals surface area contributed by atoms with Crippen molar-refractivity contribution >= 4 is 5.95 Å². The first-order valence-corrected chi connectivity index (χ1v) is 5.21. The van der Waals surface area contributed by atoms with Crippen LogP contribution in [0.1, 0.15) is 12.7 Å². The zero-order valence-electron chi connectivity index (χ0n) is 9.31. The zero-order valence-corrected chi connectivity index (χ0v) is 9.31. The summed E-state index contributed by atoms with van der Waals surface area (Å²) < 4.78 is 23.6. The van der Waals surface area contributed by atoms with Crippen LogP contribution in [0.5, 0.6) is 5.88 Å². The van der Waals surface area contributed by atoms with Crippen LogP contribution in [0.3, 0.4) is 0 Å². The summed E-state index contributed by atoms with van der Waals surface area (Å²) >= 11 is 0. The Morgan fingerprint density at radius 2 is 2.41 bits per heavy atom. The topological polar surface area (TPSA) is 60.2 Å². The molecule has 0 atom stereocenters. The van der Waals surface area contributed by atoms with Crippen LogP contribution in [0.15, 0.2) is 29.0 Å². The second kappa shape index (κ2) is 5.29. The minimum atomic E-state index is -0.599. The van der Waals surface area contributed by atoms with Gasteiger partial charge in [-0.3, -0.25) is 0 Å². The summed E-state index contributed by atoms with van der Waals surface area (Å²) in [5.41, 5.74) is 0. The fraction of sp³-hybridized carbons (Fsp3) is 0.273. The maximum atomic E-state index is 13.3. The summed E-state index contributed by atoms with van der Waals surface area (Å²) in [6, 6.07) is 3.48. The monoisotopic (exact) mass is 237 g/mol. The van der Waals surface area contributed by atoms with Crippen molar-refractivity contribution in [3.05, 3.63) is 36.2 Å². The molecular weight excluding hydrogens is 225 g/mol. The van der Waals surface area contributed by atoms with E-state index in [1.165, 1.54) is 6.26 Å². The number of hydrogen-bond donors (Lipinski definition) is 1. The van der Waals surface area contributed by atoms with Crippen molar-refractivity contribution in [1.29, 1.82) is 0 Å². The first-order chi connectivity index (χ1) is 8.29. The highest BCUT2D eigenvalue weighted by Gasteiger charge is 2.08. The SMILES string of the molecule is CCNc1ncc(F)c(OCc2ccco2)n1. The van der Waals surface area contributed by atoms with Crippen LogP contribution in [-0.2, 0) is 6.61 Å². The van der Waals surface area contributed by atoms with Gasteiger partial charge in [-0.25, -0.2) is 4.98 Å². The zero-order chi connectivity index (χ0) is 12.1. The lowest BCUT2D eigenvalue weighted by Crippen LogP contribution is -2.05. The van der Waals surface area contributed by atoms with E-state index >= 15 is 0 Å². The number of aromatic nitrogens is 2. The van der Waals surface area contributed by atoms with Crippen LogP contribution in [0.2, 0.25) is 0 Å². The molecule has 0 unspecified atom stereocenters. The molecule has 6 heteroatoms. The van der Waals surface area contributed by atoms with E-state index < -0.39 is 5.82 Å². The molecule has 90 valence electrons. The molecule has 0 saturated heterocycles. The van der Waals surface area contributed by atoms with E-state index in [1.807, 2.05) is 6.92 Å². The molecule has 0 amide bonds. The molecule has 0 fully saturated rings. The van der Waals surface area contributed by atoms with Crippen LogP contribution in [0, 0.1) is 5.82 Å². The molecule has 0 aliphatic heterocycles. The first-order valence-electron chi connectivity index (χ1n) is 5.21. The van der Waals surface area contributed by atoms with Gasteiger partial charge in [0.1, 0.15) is 12.4 Å². The summed E-state index contributed by atoms with van der Waals surface area (Å²) in [7, 11) is 0. The van der Waals surface area contributed by atoms with Gasteiger partial charge in [-0.2, -0.15) is 9.37 Å². The summed E-state index contributed by atoms with van der Waals surface area (Å²) in [6.07, 6.45) is 2.60. The molecule has 1 N–H and O–H groups in total. The van der Waals surface area contributed by atoms with Crippen molar-refractivity contribution in [2.45, 2.75) is 13.5 Å². The average Bonchev–Trinajstić information content (AvgIpc) is 2.83. The summed E-state index contributed by atoms with van der Waals surface area (Å²) in [5.74, 6) is 0.252. The Kier molecular flexibility index (Phi) is 3.54. The number of nitrogens with one attached hydrogen (secondary N) is 1. The highest BCUT2D eigenvalue weighted by molar-refractivity contribution is 5.28. The van der Waals surface area contributed by atoms with E-state index in [-0.39, 0.29) is 12.5 Å². The van der Waals surface area contributed by atoms with Gasteiger partial charge in [-0.05, 0) is 19.1 Å². The smallest absolute Gasteiger partial charge is 0.255 e. The minimum absolute atomic E-state index is 0.0904. The molecule has 0 aliphatic carbocycles. The van der Waals surface area contributed by atoms with E-state index in [9.17, 15) is 4.39 Å². The molecule has 0 aromatic carbocycles. The molecule has 2 rings (SSSR count). The highest BCUT2D eigenvalue weighted by Crippen LogP contribution is 2.16. The molecule has 2 aromatic rings. The Morgan fingerprint density at radius 1 is 1.53 bits per heavy atom. The first kappa shape index (κ1) is 11.4. The molecule has 2 aromatic heterocycles. The second-order valence-electron chi connectivity index (χ2n) is 3.25. The predicted molar refractivity (Wildman–Crippen MR) is 59.2 cm³/mol. The number of hydrogen-bond acceptors (Lipinski definition) is 5. The average molecular weight is 237 g/mol.